The van der Waals surface area contributed by atoms with Gasteiger partial charge >= 0.3 is 0 Å². The van der Waals surface area contributed by atoms with Crippen LogP contribution in [0.2, 0.25) is 0 Å². The summed E-state index contributed by atoms with van der Waals surface area (Å²) in [6.07, 6.45) is 0. The number of hydrogen-bond donors (Lipinski definition) is 1. The Bertz CT molecular complexity index is 420. The van der Waals surface area contributed by atoms with Crippen LogP contribution in [-0.4, -0.2) is 26.2 Å². The molecule has 1 aliphatic heterocycles. The monoisotopic (exact) mass is 267 g/mol. The summed E-state index contributed by atoms with van der Waals surface area (Å²) in [7, 11) is 0. The first-order valence-electron chi connectivity index (χ1n) is 6.57. The van der Waals surface area contributed by atoms with E-state index in [1.54, 1.807) is 0 Å². The van der Waals surface area contributed by atoms with E-state index >= 15 is 0 Å². The van der Waals surface area contributed by atoms with Crippen LogP contribution in [0.15, 0.2) is 12.1 Å². The summed E-state index contributed by atoms with van der Waals surface area (Å²) in [5.41, 5.74) is 1.04. The lowest BCUT2D eigenvalue weighted by Crippen LogP contribution is -2.22. The van der Waals surface area contributed by atoms with Crippen LogP contribution in [0.1, 0.15) is 26.3 Å². The third-order valence-corrected chi connectivity index (χ3v) is 2.76. The molecule has 1 aliphatic rings. The first-order chi connectivity index (χ1) is 9.20. The molecular formula is C14H21NO4. The highest BCUT2D eigenvalue weighted by atomic mass is 16.7. The molecule has 0 bridgehead atoms. The maximum atomic E-state index is 5.64. The van der Waals surface area contributed by atoms with Gasteiger partial charge in [-0.2, -0.15) is 0 Å². The van der Waals surface area contributed by atoms with Gasteiger partial charge in [0.05, 0.1) is 0 Å². The van der Waals surface area contributed by atoms with E-state index in [9.17, 15) is 0 Å². The Kier molecular flexibility index (Phi) is 4.87. The lowest BCUT2D eigenvalue weighted by Gasteiger charge is -2.14. The van der Waals surface area contributed by atoms with E-state index in [2.05, 4.69) is 19.2 Å². The van der Waals surface area contributed by atoms with E-state index in [1.807, 2.05) is 19.1 Å². The standard InChI is InChI=1S/C14H21NO4/c1-4-16-8-17-12-6-14-13(18-9-19-14)5-11(12)7-15-10(2)3/h5-6,10,15H,4,7-9H2,1-3H3. The van der Waals surface area contributed by atoms with Crippen LogP contribution in [-0.2, 0) is 11.3 Å². The molecule has 0 fully saturated rings. The predicted octanol–water partition coefficient (Wildman–Crippen LogP) is 2.29. The first kappa shape index (κ1) is 14.0. The zero-order valence-electron chi connectivity index (χ0n) is 11.7. The lowest BCUT2D eigenvalue weighted by molar-refractivity contribution is 0.0217. The second kappa shape index (κ2) is 6.63. The van der Waals surface area contributed by atoms with Gasteiger partial charge < -0.3 is 24.3 Å². The zero-order chi connectivity index (χ0) is 13.7. The molecule has 0 radical (unpaired) electrons. The predicted molar refractivity (Wildman–Crippen MR) is 71.7 cm³/mol. The van der Waals surface area contributed by atoms with E-state index in [0.717, 1.165) is 29.4 Å². The highest BCUT2D eigenvalue weighted by molar-refractivity contribution is 5.51. The smallest absolute Gasteiger partial charge is 0.231 e. The van der Waals surface area contributed by atoms with Gasteiger partial charge in [-0.25, -0.2) is 0 Å². The number of fused-ring (bicyclic) bond motifs is 1. The summed E-state index contributed by atoms with van der Waals surface area (Å²) in [6, 6.07) is 4.22. The van der Waals surface area contributed by atoms with Crippen molar-refractivity contribution in [2.75, 3.05) is 20.2 Å². The van der Waals surface area contributed by atoms with Crippen LogP contribution >= 0.6 is 0 Å². The molecule has 0 aromatic heterocycles. The second-order valence-electron chi connectivity index (χ2n) is 4.60. The van der Waals surface area contributed by atoms with Crippen molar-refractivity contribution >= 4 is 0 Å². The molecule has 1 aromatic carbocycles. The van der Waals surface area contributed by atoms with Crippen LogP contribution in [0, 0.1) is 0 Å². The van der Waals surface area contributed by atoms with Crippen molar-refractivity contribution in [3.63, 3.8) is 0 Å². The Morgan fingerprint density at radius 2 is 2.00 bits per heavy atom. The Hall–Kier alpha value is -1.46. The number of rotatable bonds is 7. The molecule has 0 saturated carbocycles. The first-order valence-corrected chi connectivity index (χ1v) is 6.57. The van der Waals surface area contributed by atoms with Gasteiger partial charge in [0.15, 0.2) is 18.3 Å². The SMILES string of the molecule is CCOCOc1cc2c(cc1CNC(C)C)OCO2. The lowest BCUT2D eigenvalue weighted by atomic mass is 10.1. The van der Waals surface area contributed by atoms with Gasteiger partial charge in [0, 0.05) is 30.8 Å². The quantitative estimate of drug-likeness (QED) is 0.606. The Labute approximate surface area is 113 Å². The number of ether oxygens (including phenoxy) is 4. The van der Waals surface area contributed by atoms with E-state index in [4.69, 9.17) is 18.9 Å². The molecule has 1 heterocycles. The maximum Gasteiger partial charge on any atom is 0.231 e. The summed E-state index contributed by atoms with van der Waals surface area (Å²) in [4.78, 5) is 0. The van der Waals surface area contributed by atoms with Gasteiger partial charge in [-0.15, -0.1) is 0 Å². The molecule has 2 rings (SSSR count). The van der Waals surface area contributed by atoms with Crippen molar-refractivity contribution in [2.45, 2.75) is 33.4 Å². The molecule has 19 heavy (non-hydrogen) atoms. The highest BCUT2D eigenvalue weighted by Crippen LogP contribution is 2.38. The Balaban J connectivity index is 2.12. The molecule has 106 valence electrons. The van der Waals surface area contributed by atoms with E-state index in [-0.39, 0.29) is 13.6 Å². The molecule has 0 unspecified atom stereocenters. The minimum absolute atomic E-state index is 0.241. The fourth-order valence-electron chi connectivity index (χ4n) is 1.74. The van der Waals surface area contributed by atoms with Crippen molar-refractivity contribution in [3.05, 3.63) is 17.7 Å². The number of benzene rings is 1. The van der Waals surface area contributed by atoms with Crippen molar-refractivity contribution in [2.24, 2.45) is 0 Å². The summed E-state index contributed by atoms with van der Waals surface area (Å²) in [5.74, 6) is 2.26. The molecule has 0 saturated heterocycles. The van der Waals surface area contributed by atoms with Gasteiger partial charge in [0.2, 0.25) is 6.79 Å². The third-order valence-electron chi connectivity index (χ3n) is 2.76. The largest absolute Gasteiger partial charge is 0.467 e. The van der Waals surface area contributed by atoms with Crippen LogP contribution in [0.5, 0.6) is 17.2 Å². The molecule has 0 amide bonds. The van der Waals surface area contributed by atoms with Gasteiger partial charge in [-0.1, -0.05) is 13.8 Å². The summed E-state index contributed by atoms with van der Waals surface area (Å²) < 4.78 is 21.6. The molecule has 0 spiro atoms. The van der Waals surface area contributed by atoms with Crippen molar-refractivity contribution in [3.8, 4) is 17.2 Å². The van der Waals surface area contributed by atoms with E-state index < -0.39 is 0 Å². The number of nitrogens with one attached hydrogen (secondary N) is 1. The summed E-state index contributed by atoms with van der Waals surface area (Å²) in [5, 5.41) is 3.37. The average Bonchev–Trinajstić information content (AvgIpc) is 2.83. The van der Waals surface area contributed by atoms with Crippen molar-refractivity contribution in [1.82, 2.24) is 5.32 Å². The Morgan fingerprint density at radius 3 is 2.68 bits per heavy atom. The van der Waals surface area contributed by atoms with Crippen LogP contribution in [0.25, 0.3) is 0 Å². The molecule has 0 atom stereocenters. The van der Waals surface area contributed by atoms with Gasteiger partial charge in [-0.05, 0) is 13.0 Å². The van der Waals surface area contributed by atoms with Crippen LogP contribution < -0.4 is 19.5 Å². The molecule has 5 nitrogen and oxygen atoms in total. The van der Waals surface area contributed by atoms with E-state index in [1.165, 1.54) is 0 Å². The minimum atomic E-state index is 0.241. The Morgan fingerprint density at radius 1 is 1.26 bits per heavy atom. The molecule has 1 aromatic rings. The molecule has 0 aliphatic carbocycles. The third kappa shape index (κ3) is 3.75. The van der Waals surface area contributed by atoms with Gasteiger partial charge in [0.25, 0.3) is 0 Å². The van der Waals surface area contributed by atoms with Crippen LogP contribution in [0.4, 0.5) is 0 Å². The maximum absolute atomic E-state index is 5.64. The normalized spacial score (nSPS) is 13.1. The van der Waals surface area contributed by atoms with Crippen molar-refractivity contribution < 1.29 is 18.9 Å². The summed E-state index contributed by atoms with van der Waals surface area (Å²) >= 11 is 0. The van der Waals surface area contributed by atoms with Gasteiger partial charge in [-0.3, -0.25) is 0 Å². The van der Waals surface area contributed by atoms with E-state index in [0.29, 0.717) is 12.6 Å². The average molecular weight is 267 g/mol. The van der Waals surface area contributed by atoms with Crippen LogP contribution in [0.3, 0.4) is 0 Å². The molecule has 1 N–H and O–H groups in total. The van der Waals surface area contributed by atoms with Gasteiger partial charge in [0.1, 0.15) is 5.75 Å². The molecular weight excluding hydrogens is 246 g/mol. The fraction of sp³-hybridized carbons (Fsp3) is 0.571. The van der Waals surface area contributed by atoms with Crippen molar-refractivity contribution in [1.29, 1.82) is 0 Å². The second-order valence-corrected chi connectivity index (χ2v) is 4.60. The zero-order valence-corrected chi connectivity index (χ0v) is 11.7. The summed E-state index contributed by atoms with van der Waals surface area (Å²) in [6.45, 7) is 8.00. The number of hydrogen-bond acceptors (Lipinski definition) is 5. The topological polar surface area (TPSA) is 49.0 Å². The minimum Gasteiger partial charge on any atom is -0.467 e. The molecule has 5 heteroatoms. The fourth-order valence-corrected chi connectivity index (χ4v) is 1.74. The highest BCUT2D eigenvalue weighted by Gasteiger charge is 2.18.